The summed E-state index contributed by atoms with van der Waals surface area (Å²) in [6.07, 6.45) is -4.82. The highest BCUT2D eigenvalue weighted by molar-refractivity contribution is 5.82. The van der Waals surface area contributed by atoms with Crippen LogP contribution in [0.5, 0.6) is 0 Å². The third-order valence-corrected chi connectivity index (χ3v) is 2.62. The van der Waals surface area contributed by atoms with Crippen molar-refractivity contribution in [2.45, 2.75) is 44.7 Å². The molecule has 0 N–H and O–H groups in total. The molecule has 1 rings (SSSR count). The Labute approximate surface area is 86.2 Å². The van der Waals surface area contributed by atoms with Gasteiger partial charge in [-0.25, -0.2) is 0 Å². The van der Waals surface area contributed by atoms with E-state index in [-0.39, 0.29) is 12.2 Å². The number of hydrogen-bond donors (Lipinski definition) is 0. The Bertz CT molecular complexity index is 254. The zero-order valence-corrected chi connectivity index (χ0v) is 8.84. The Morgan fingerprint density at radius 2 is 1.93 bits per heavy atom. The molecule has 1 aliphatic heterocycles. The zero-order chi connectivity index (χ0) is 11.8. The number of alkyl halides is 3. The molecule has 0 radical (unpaired) electrons. The molecule has 6 heteroatoms. The predicted molar refractivity (Wildman–Crippen MR) is 47.2 cm³/mol. The summed E-state index contributed by atoms with van der Waals surface area (Å²) in [4.78, 5) is 11.7. The first kappa shape index (κ1) is 12.3. The fraction of sp³-hybridized carbons (Fsp3) is 0.889. The summed E-state index contributed by atoms with van der Waals surface area (Å²) in [5.74, 6) is -1.81. The molecule has 1 saturated heterocycles. The maximum atomic E-state index is 12.1. The van der Waals surface area contributed by atoms with Crippen LogP contribution < -0.4 is 0 Å². The van der Waals surface area contributed by atoms with E-state index in [9.17, 15) is 18.0 Å². The fourth-order valence-corrected chi connectivity index (χ4v) is 1.87. The van der Waals surface area contributed by atoms with Gasteiger partial charge in [-0.3, -0.25) is 4.79 Å². The van der Waals surface area contributed by atoms with Crippen LogP contribution in [-0.2, 0) is 9.53 Å². The molecule has 3 unspecified atom stereocenters. The van der Waals surface area contributed by atoms with Gasteiger partial charge in [0.2, 0.25) is 0 Å². The van der Waals surface area contributed by atoms with Gasteiger partial charge in [0.15, 0.2) is 0 Å². The topological polar surface area (TPSA) is 29.5 Å². The van der Waals surface area contributed by atoms with E-state index in [1.54, 1.807) is 13.8 Å². The standard InChI is InChI=1S/C9H14F3NO2/c1-5-4-7(6(2)15-5)13(3)8(14)9(10,11)12/h5-7H,4H2,1-3H3. The lowest BCUT2D eigenvalue weighted by Crippen LogP contribution is -2.47. The first-order valence-corrected chi connectivity index (χ1v) is 4.73. The van der Waals surface area contributed by atoms with Crippen LogP contribution in [0.4, 0.5) is 13.2 Å². The maximum absolute atomic E-state index is 12.1. The van der Waals surface area contributed by atoms with Gasteiger partial charge in [-0.05, 0) is 20.3 Å². The van der Waals surface area contributed by atoms with Crippen molar-refractivity contribution in [2.75, 3.05) is 7.05 Å². The molecule has 3 atom stereocenters. The van der Waals surface area contributed by atoms with Crippen molar-refractivity contribution in [2.24, 2.45) is 0 Å². The first-order chi connectivity index (χ1) is 6.73. The van der Waals surface area contributed by atoms with Crippen molar-refractivity contribution in [3.8, 4) is 0 Å². The van der Waals surface area contributed by atoms with Gasteiger partial charge in [0.25, 0.3) is 0 Å². The lowest BCUT2D eigenvalue weighted by atomic mass is 10.1. The zero-order valence-electron chi connectivity index (χ0n) is 8.84. The summed E-state index contributed by atoms with van der Waals surface area (Å²) < 4.78 is 41.7. The number of amides is 1. The van der Waals surface area contributed by atoms with E-state index in [4.69, 9.17) is 4.74 Å². The smallest absolute Gasteiger partial charge is 0.373 e. The molecule has 0 saturated carbocycles. The summed E-state index contributed by atoms with van der Waals surface area (Å²) in [5.41, 5.74) is 0. The second-order valence-electron chi connectivity index (χ2n) is 3.87. The van der Waals surface area contributed by atoms with Gasteiger partial charge in [-0.15, -0.1) is 0 Å². The largest absolute Gasteiger partial charge is 0.471 e. The minimum atomic E-state index is -4.81. The summed E-state index contributed by atoms with van der Waals surface area (Å²) in [7, 11) is 1.17. The number of carbonyl (C=O) groups excluding carboxylic acids is 1. The molecule has 15 heavy (non-hydrogen) atoms. The van der Waals surface area contributed by atoms with E-state index < -0.39 is 18.1 Å². The third kappa shape index (κ3) is 2.62. The predicted octanol–water partition coefficient (Wildman–Crippen LogP) is 1.57. The molecular weight excluding hydrogens is 211 g/mol. The van der Waals surface area contributed by atoms with Gasteiger partial charge in [0, 0.05) is 7.05 Å². The molecule has 0 spiro atoms. The number of likely N-dealkylation sites (N-methyl/N-ethyl adjacent to an activating group) is 1. The van der Waals surface area contributed by atoms with Crippen molar-refractivity contribution >= 4 is 5.91 Å². The van der Waals surface area contributed by atoms with E-state index in [1.807, 2.05) is 0 Å². The molecule has 0 aromatic carbocycles. The summed E-state index contributed by atoms with van der Waals surface area (Å²) in [6, 6.07) is -0.492. The van der Waals surface area contributed by atoms with Crippen LogP contribution in [0.2, 0.25) is 0 Å². The summed E-state index contributed by atoms with van der Waals surface area (Å²) >= 11 is 0. The van der Waals surface area contributed by atoms with Crippen LogP contribution in [0, 0.1) is 0 Å². The molecule has 1 fully saturated rings. The fourth-order valence-electron chi connectivity index (χ4n) is 1.87. The molecule has 0 aromatic heterocycles. The normalized spacial score (nSPS) is 31.7. The lowest BCUT2D eigenvalue weighted by molar-refractivity contribution is -0.186. The van der Waals surface area contributed by atoms with Crippen LogP contribution >= 0.6 is 0 Å². The third-order valence-electron chi connectivity index (χ3n) is 2.62. The van der Waals surface area contributed by atoms with Gasteiger partial charge in [0.05, 0.1) is 18.2 Å². The average Bonchev–Trinajstić information content (AvgIpc) is 2.41. The highest BCUT2D eigenvalue weighted by Gasteiger charge is 2.45. The van der Waals surface area contributed by atoms with E-state index >= 15 is 0 Å². The molecule has 88 valence electrons. The molecule has 0 aliphatic carbocycles. The van der Waals surface area contributed by atoms with Gasteiger partial charge >= 0.3 is 12.1 Å². The number of hydrogen-bond acceptors (Lipinski definition) is 2. The number of nitrogens with zero attached hydrogens (tertiary/aromatic N) is 1. The van der Waals surface area contributed by atoms with Crippen molar-refractivity contribution in [3.63, 3.8) is 0 Å². The summed E-state index contributed by atoms with van der Waals surface area (Å²) in [6.45, 7) is 3.46. The van der Waals surface area contributed by atoms with Crippen LogP contribution in [0.15, 0.2) is 0 Å². The van der Waals surface area contributed by atoms with Crippen molar-refractivity contribution in [3.05, 3.63) is 0 Å². The molecule has 0 bridgehead atoms. The second-order valence-corrected chi connectivity index (χ2v) is 3.87. The minimum absolute atomic E-state index is 0.103. The van der Waals surface area contributed by atoms with Crippen LogP contribution in [0.25, 0.3) is 0 Å². The lowest BCUT2D eigenvalue weighted by Gasteiger charge is -2.27. The number of halogens is 3. The molecule has 1 aliphatic rings. The number of ether oxygens (including phenoxy) is 1. The van der Waals surface area contributed by atoms with E-state index in [0.717, 1.165) is 4.90 Å². The Kier molecular flexibility index (Phi) is 3.28. The van der Waals surface area contributed by atoms with Gasteiger partial charge in [-0.2, -0.15) is 13.2 Å². The molecule has 0 aromatic rings. The van der Waals surface area contributed by atoms with Crippen LogP contribution in [0.3, 0.4) is 0 Å². The van der Waals surface area contributed by atoms with Crippen molar-refractivity contribution in [1.82, 2.24) is 4.90 Å². The Morgan fingerprint density at radius 1 is 1.40 bits per heavy atom. The summed E-state index contributed by atoms with van der Waals surface area (Å²) in [5, 5.41) is 0. The molecule has 3 nitrogen and oxygen atoms in total. The Morgan fingerprint density at radius 3 is 2.27 bits per heavy atom. The Balaban J connectivity index is 2.69. The SMILES string of the molecule is CC1CC(N(C)C(=O)C(F)(F)F)C(C)O1. The van der Waals surface area contributed by atoms with E-state index in [2.05, 4.69) is 0 Å². The number of rotatable bonds is 1. The van der Waals surface area contributed by atoms with E-state index in [1.165, 1.54) is 7.05 Å². The number of carbonyl (C=O) groups is 1. The quantitative estimate of drug-likeness (QED) is 0.678. The van der Waals surface area contributed by atoms with Gasteiger partial charge < -0.3 is 9.64 Å². The molecular formula is C9H14F3NO2. The van der Waals surface area contributed by atoms with Gasteiger partial charge in [-0.1, -0.05) is 0 Å². The average molecular weight is 225 g/mol. The second kappa shape index (κ2) is 4.00. The molecule has 1 amide bonds. The minimum Gasteiger partial charge on any atom is -0.373 e. The van der Waals surface area contributed by atoms with Crippen molar-refractivity contribution in [1.29, 1.82) is 0 Å². The Hall–Kier alpha value is -0.780. The van der Waals surface area contributed by atoms with Crippen LogP contribution in [0.1, 0.15) is 20.3 Å². The van der Waals surface area contributed by atoms with Crippen LogP contribution in [-0.4, -0.2) is 42.3 Å². The molecule has 1 heterocycles. The first-order valence-electron chi connectivity index (χ1n) is 4.73. The van der Waals surface area contributed by atoms with E-state index in [0.29, 0.717) is 6.42 Å². The highest BCUT2D eigenvalue weighted by atomic mass is 19.4. The monoisotopic (exact) mass is 225 g/mol. The van der Waals surface area contributed by atoms with Gasteiger partial charge in [0.1, 0.15) is 0 Å². The highest BCUT2D eigenvalue weighted by Crippen LogP contribution is 2.27. The van der Waals surface area contributed by atoms with Crippen molar-refractivity contribution < 1.29 is 22.7 Å². The maximum Gasteiger partial charge on any atom is 0.471 e.